The highest BCUT2D eigenvalue weighted by Crippen LogP contribution is 2.32. The minimum absolute atomic E-state index is 0.202. The lowest BCUT2D eigenvalue weighted by atomic mass is 9.94. The van der Waals surface area contributed by atoms with Crippen LogP contribution in [0.1, 0.15) is 41.7 Å². The Balaban J connectivity index is 1.60. The lowest BCUT2D eigenvalue weighted by molar-refractivity contribution is 0.255. The van der Waals surface area contributed by atoms with Gasteiger partial charge < -0.3 is 4.74 Å². The molecule has 0 bridgehead atoms. The smallest absolute Gasteiger partial charge is 0.127 e. The molecule has 3 aromatic carbocycles. The molecule has 4 heteroatoms. The maximum atomic E-state index is 13.4. The number of ether oxygens (including phenoxy) is 1. The third-order valence-corrected chi connectivity index (χ3v) is 6.69. The molecule has 4 rings (SSSR count). The summed E-state index contributed by atoms with van der Waals surface area (Å²) in [5.41, 5.74) is 8.24. The Labute approximate surface area is 214 Å². The van der Waals surface area contributed by atoms with Gasteiger partial charge in [0.2, 0.25) is 0 Å². The second-order valence-corrected chi connectivity index (χ2v) is 9.11. The van der Waals surface area contributed by atoms with Crippen LogP contribution in [-0.2, 0) is 32.4 Å². The van der Waals surface area contributed by atoms with Crippen LogP contribution in [0.5, 0.6) is 5.75 Å². The van der Waals surface area contributed by atoms with Crippen LogP contribution in [0.15, 0.2) is 85.1 Å². The normalized spacial score (nSPS) is 11.1. The first-order valence-corrected chi connectivity index (χ1v) is 12.8. The molecule has 0 aliphatic heterocycles. The molecule has 0 fully saturated rings. The van der Waals surface area contributed by atoms with Gasteiger partial charge in [0.15, 0.2) is 0 Å². The van der Waals surface area contributed by atoms with E-state index in [1.165, 1.54) is 34.4 Å². The van der Waals surface area contributed by atoms with Crippen molar-refractivity contribution in [2.75, 3.05) is 13.7 Å². The zero-order valence-corrected chi connectivity index (χ0v) is 21.5. The number of hydrogen-bond acceptors (Lipinski definition) is 3. The van der Waals surface area contributed by atoms with Crippen LogP contribution in [0.4, 0.5) is 4.39 Å². The number of aromatic nitrogens is 1. The van der Waals surface area contributed by atoms with Gasteiger partial charge in [-0.3, -0.25) is 9.88 Å². The molecule has 1 aromatic heterocycles. The van der Waals surface area contributed by atoms with Crippen LogP contribution in [0.3, 0.4) is 0 Å². The Bertz CT molecular complexity index is 1230. The Morgan fingerprint density at radius 1 is 0.778 bits per heavy atom. The topological polar surface area (TPSA) is 25.4 Å². The average molecular weight is 483 g/mol. The van der Waals surface area contributed by atoms with E-state index in [2.05, 4.69) is 67.3 Å². The summed E-state index contributed by atoms with van der Waals surface area (Å²) in [4.78, 5) is 7.31. The molecule has 0 aliphatic carbocycles. The van der Waals surface area contributed by atoms with Gasteiger partial charge in [-0.1, -0.05) is 74.5 Å². The van der Waals surface area contributed by atoms with E-state index >= 15 is 0 Å². The van der Waals surface area contributed by atoms with Gasteiger partial charge in [-0.05, 0) is 53.6 Å². The summed E-state index contributed by atoms with van der Waals surface area (Å²) < 4.78 is 19.2. The molecule has 0 radical (unpaired) electrons. The fourth-order valence-corrected chi connectivity index (χ4v) is 4.72. The number of methoxy groups -OCH3 is 1. The van der Waals surface area contributed by atoms with Crippen LogP contribution in [-0.4, -0.2) is 23.5 Å². The van der Waals surface area contributed by atoms with Gasteiger partial charge >= 0.3 is 0 Å². The maximum absolute atomic E-state index is 13.4. The molecule has 0 aliphatic rings. The van der Waals surface area contributed by atoms with Crippen molar-refractivity contribution in [1.82, 2.24) is 9.88 Å². The molecule has 0 amide bonds. The summed E-state index contributed by atoms with van der Waals surface area (Å²) >= 11 is 0. The Morgan fingerprint density at radius 2 is 1.47 bits per heavy atom. The van der Waals surface area contributed by atoms with Crippen molar-refractivity contribution in [1.29, 1.82) is 0 Å². The van der Waals surface area contributed by atoms with Gasteiger partial charge in [-0.2, -0.15) is 0 Å². The minimum atomic E-state index is -0.202. The first-order chi connectivity index (χ1) is 17.6. The SMILES string of the molecule is CCc1cccc(CC)c1-c1cc(OC)c(CN(CCc2ccc(F)cc2)Cc2ccccc2)cn1. The second-order valence-electron chi connectivity index (χ2n) is 9.11. The molecule has 0 spiro atoms. The van der Waals surface area contributed by atoms with E-state index in [-0.39, 0.29) is 5.82 Å². The summed E-state index contributed by atoms with van der Waals surface area (Å²) in [6, 6.07) is 25.9. The lowest BCUT2D eigenvalue weighted by Gasteiger charge is -2.24. The van der Waals surface area contributed by atoms with E-state index in [0.29, 0.717) is 6.54 Å². The fourth-order valence-electron chi connectivity index (χ4n) is 4.72. The minimum Gasteiger partial charge on any atom is -0.496 e. The number of hydrogen-bond donors (Lipinski definition) is 0. The second kappa shape index (κ2) is 12.5. The predicted octanol–water partition coefficient (Wildman–Crippen LogP) is 7.27. The molecule has 0 atom stereocenters. The Hall–Kier alpha value is -3.50. The number of rotatable bonds is 11. The number of nitrogens with zero attached hydrogens (tertiary/aromatic N) is 2. The van der Waals surface area contributed by atoms with Crippen molar-refractivity contribution in [3.05, 3.63) is 119 Å². The van der Waals surface area contributed by atoms with E-state index in [0.717, 1.165) is 54.9 Å². The highest BCUT2D eigenvalue weighted by Gasteiger charge is 2.16. The zero-order chi connectivity index (χ0) is 25.3. The van der Waals surface area contributed by atoms with Crippen molar-refractivity contribution in [2.24, 2.45) is 0 Å². The molecular weight excluding hydrogens is 447 g/mol. The molecule has 0 unspecified atom stereocenters. The van der Waals surface area contributed by atoms with Gasteiger partial charge in [0.25, 0.3) is 0 Å². The molecule has 3 nitrogen and oxygen atoms in total. The lowest BCUT2D eigenvalue weighted by Crippen LogP contribution is -2.25. The molecule has 0 saturated heterocycles. The molecule has 0 N–H and O–H groups in total. The third-order valence-electron chi connectivity index (χ3n) is 6.69. The number of aryl methyl sites for hydroxylation is 2. The van der Waals surface area contributed by atoms with Crippen LogP contribution < -0.4 is 4.74 Å². The van der Waals surface area contributed by atoms with Crippen molar-refractivity contribution in [3.63, 3.8) is 0 Å². The fraction of sp³-hybridized carbons (Fsp3) is 0.281. The van der Waals surface area contributed by atoms with Gasteiger partial charge in [0, 0.05) is 43.0 Å². The van der Waals surface area contributed by atoms with Crippen molar-refractivity contribution in [3.8, 4) is 17.0 Å². The Morgan fingerprint density at radius 3 is 2.11 bits per heavy atom. The summed E-state index contributed by atoms with van der Waals surface area (Å²) in [5, 5.41) is 0. The molecular formula is C32H35FN2O. The molecule has 4 aromatic rings. The first kappa shape index (κ1) is 25.6. The van der Waals surface area contributed by atoms with E-state index < -0.39 is 0 Å². The quantitative estimate of drug-likeness (QED) is 0.225. The predicted molar refractivity (Wildman–Crippen MR) is 146 cm³/mol. The van der Waals surface area contributed by atoms with E-state index in [1.54, 1.807) is 7.11 Å². The van der Waals surface area contributed by atoms with E-state index in [9.17, 15) is 4.39 Å². The summed E-state index contributed by atoms with van der Waals surface area (Å²) in [7, 11) is 1.73. The van der Waals surface area contributed by atoms with Crippen molar-refractivity contribution < 1.29 is 9.13 Å². The highest BCUT2D eigenvalue weighted by molar-refractivity contribution is 5.69. The monoisotopic (exact) mass is 482 g/mol. The molecule has 36 heavy (non-hydrogen) atoms. The molecule has 0 saturated carbocycles. The van der Waals surface area contributed by atoms with Crippen LogP contribution >= 0.6 is 0 Å². The van der Waals surface area contributed by atoms with E-state index in [1.807, 2.05) is 24.4 Å². The summed E-state index contributed by atoms with van der Waals surface area (Å²) in [5.74, 6) is 0.652. The summed E-state index contributed by atoms with van der Waals surface area (Å²) in [6.45, 7) is 6.73. The maximum Gasteiger partial charge on any atom is 0.127 e. The van der Waals surface area contributed by atoms with Gasteiger partial charge in [0.1, 0.15) is 11.6 Å². The molecule has 1 heterocycles. The molecule has 186 valence electrons. The Kier molecular flexibility index (Phi) is 8.85. The van der Waals surface area contributed by atoms with Crippen molar-refractivity contribution in [2.45, 2.75) is 46.2 Å². The standard InChI is InChI=1S/C32H35FN2O/c1-4-26-12-9-13-27(5-2)32(26)30-20-31(36-3)28(21-34-30)23-35(22-25-10-7-6-8-11-25)19-18-24-14-16-29(33)17-15-24/h6-17,20-21H,4-5,18-19,22-23H2,1-3H3. The average Bonchev–Trinajstić information content (AvgIpc) is 2.92. The summed E-state index contributed by atoms with van der Waals surface area (Å²) in [6.07, 6.45) is 4.73. The van der Waals surface area contributed by atoms with E-state index in [4.69, 9.17) is 9.72 Å². The van der Waals surface area contributed by atoms with Crippen LogP contribution in [0, 0.1) is 5.82 Å². The first-order valence-electron chi connectivity index (χ1n) is 12.8. The van der Waals surface area contributed by atoms with Gasteiger partial charge in [-0.15, -0.1) is 0 Å². The van der Waals surface area contributed by atoms with Crippen LogP contribution in [0.2, 0.25) is 0 Å². The van der Waals surface area contributed by atoms with Gasteiger partial charge in [0.05, 0.1) is 12.8 Å². The third kappa shape index (κ3) is 6.38. The van der Waals surface area contributed by atoms with Crippen LogP contribution in [0.25, 0.3) is 11.3 Å². The number of pyridine rings is 1. The number of benzene rings is 3. The zero-order valence-electron chi connectivity index (χ0n) is 21.5. The van der Waals surface area contributed by atoms with Crippen molar-refractivity contribution >= 4 is 0 Å². The van der Waals surface area contributed by atoms with Gasteiger partial charge in [-0.25, -0.2) is 4.39 Å². The number of halogens is 1. The highest BCUT2D eigenvalue weighted by atomic mass is 19.1. The largest absolute Gasteiger partial charge is 0.496 e.